The van der Waals surface area contributed by atoms with Crippen LogP contribution < -0.4 is 0 Å². The number of nitrogens with zero attached hydrogens (tertiary/aromatic N) is 3. The van der Waals surface area contributed by atoms with Gasteiger partial charge in [0.25, 0.3) is 0 Å². The van der Waals surface area contributed by atoms with Crippen molar-refractivity contribution >= 4 is 15.9 Å². The lowest BCUT2D eigenvalue weighted by molar-refractivity contribution is -0.149. The van der Waals surface area contributed by atoms with Crippen molar-refractivity contribution in [3.63, 3.8) is 0 Å². The molecule has 2 fully saturated rings. The minimum Gasteiger partial charge on any atom is -0.371 e. The molecule has 0 aromatic heterocycles. The summed E-state index contributed by atoms with van der Waals surface area (Å²) in [6.45, 7) is 5.20. The van der Waals surface area contributed by atoms with Gasteiger partial charge in [0.1, 0.15) is 12.2 Å². The molecule has 1 N–H and O–H groups in total. The van der Waals surface area contributed by atoms with Crippen molar-refractivity contribution in [2.45, 2.75) is 56.1 Å². The van der Waals surface area contributed by atoms with E-state index in [9.17, 15) is 18.3 Å². The van der Waals surface area contributed by atoms with Gasteiger partial charge >= 0.3 is 0 Å². The number of amides is 1. The van der Waals surface area contributed by atoms with Crippen molar-refractivity contribution in [3.05, 3.63) is 65.2 Å². The van der Waals surface area contributed by atoms with Gasteiger partial charge in [-0.1, -0.05) is 42.0 Å². The monoisotopic (exact) mass is 441 g/mol. The fourth-order valence-electron chi connectivity index (χ4n) is 5.25. The number of aryl methyl sites for hydroxylation is 1. The molecule has 8 heteroatoms. The zero-order chi connectivity index (χ0) is 21.9. The van der Waals surface area contributed by atoms with E-state index in [-0.39, 0.29) is 16.8 Å². The fraction of sp³-hybridized carbons (Fsp3) is 0.435. The largest absolute Gasteiger partial charge is 0.371 e. The van der Waals surface area contributed by atoms with Crippen molar-refractivity contribution in [3.8, 4) is 0 Å². The molecule has 4 atom stereocenters. The highest BCUT2D eigenvalue weighted by molar-refractivity contribution is 7.89. The minimum atomic E-state index is -3.96. The quantitative estimate of drug-likeness (QED) is 0.791. The number of hydrogen-bond donors (Lipinski definition) is 1. The van der Waals surface area contributed by atoms with Gasteiger partial charge in [0, 0.05) is 0 Å². The standard InChI is InChI=1S/C23H27N3O4S/c1-15-9-11-17(12-10-15)31(29,30)26-16(2)22(27)25-21(26)19-8-4-3-7-18(19)20(23(25)28)24-13-5-6-14-24/h3-4,7-12,16,20-21,23,28H,5-6,13-14H2,1-2H3/t16-,20-,21+,23+/m0/s1. The molecule has 0 radical (unpaired) electrons. The average Bonchev–Trinajstić information content (AvgIpc) is 3.36. The topological polar surface area (TPSA) is 81.2 Å². The highest BCUT2D eigenvalue weighted by Gasteiger charge is 2.57. The molecule has 3 aliphatic heterocycles. The number of aliphatic hydroxyl groups excluding tert-OH is 1. The third-order valence-corrected chi connectivity index (χ3v) is 8.73. The van der Waals surface area contributed by atoms with Crippen LogP contribution in [0.4, 0.5) is 0 Å². The number of carbonyl (C=O) groups is 1. The van der Waals surface area contributed by atoms with Crippen molar-refractivity contribution in [1.29, 1.82) is 0 Å². The number of likely N-dealkylation sites (tertiary alicyclic amines) is 1. The van der Waals surface area contributed by atoms with Crippen LogP contribution in [0.25, 0.3) is 0 Å². The number of aliphatic hydroxyl groups is 1. The molecule has 0 saturated carbocycles. The molecule has 5 rings (SSSR count). The van der Waals surface area contributed by atoms with Gasteiger partial charge in [0.15, 0.2) is 6.23 Å². The Bertz CT molecular complexity index is 1110. The van der Waals surface area contributed by atoms with E-state index in [1.165, 1.54) is 9.21 Å². The normalized spacial score (nSPS) is 29.3. The fourth-order valence-corrected chi connectivity index (χ4v) is 6.95. The molecule has 2 aromatic rings. The predicted molar refractivity (Wildman–Crippen MR) is 115 cm³/mol. The maximum atomic E-state index is 13.7. The third kappa shape index (κ3) is 3.04. The smallest absolute Gasteiger partial charge is 0.245 e. The summed E-state index contributed by atoms with van der Waals surface area (Å²) in [7, 11) is -3.96. The molecule has 31 heavy (non-hydrogen) atoms. The molecule has 1 amide bonds. The zero-order valence-electron chi connectivity index (χ0n) is 17.7. The second-order valence-corrected chi connectivity index (χ2v) is 10.5. The summed E-state index contributed by atoms with van der Waals surface area (Å²) in [4.78, 5) is 17.0. The molecular weight excluding hydrogens is 414 g/mol. The average molecular weight is 442 g/mol. The van der Waals surface area contributed by atoms with E-state index in [0.717, 1.165) is 42.6 Å². The third-order valence-electron chi connectivity index (χ3n) is 6.79. The molecule has 2 aromatic carbocycles. The zero-order valence-corrected chi connectivity index (χ0v) is 18.5. The van der Waals surface area contributed by atoms with Gasteiger partial charge in [-0.05, 0) is 63.0 Å². The van der Waals surface area contributed by atoms with Crippen LogP contribution in [0.15, 0.2) is 53.4 Å². The van der Waals surface area contributed by atoms with Crippen LogP contribution in [0.3, 0.4) is 0 Å². The summed E-state index contributed by atoms with van der Waals surface area (Å²) < 4.78 is 28.6. The van der Waals surface area contributed by atoms with Crippen LogP contribution >= 0.6 is 0 Å². The lowest BCUT2D eigenvalue weighted by atomic mass is 9.91. The summed E-state index contributed by atoms with van der Waals surface area (Å²) >= 11 is 0. The SMILES string of the molecule is Cc1ccc(S(=O)(=O)N2[C@@H]3c4ccccc4[C@H](N4CCCC4)[C@@H](O)N3C(=O)[C@@H]2C)cc1. The molecule has 0 aliphatic carbocycles. The van der Waals surface area contributed by atoms with Gasteiger partial charge in [0.2, 0.25) is 15.9 Å². The molecule has 164 valence electrons. The van der Waals surface area contributed by atoms with Gasteiger partial charge in [-0.15, -0.1) is 0 Å². The first-order chi connectivity index (χ1) is 14.8. The molecule has 3 aliphatic rings. The maximum Gasteiger partial charge on any atom is 0.245 e. The Balaban J connectivity index is 1.66. The Morgan fingerprint density at radius 3 is 2.23 bits per heavy atom. The van der Waals surface area contributed by atoms with Gasteiger partial charge in [-0.2, -0.15) is 4.31 Å². The second-order valence-electron chi connectivity index (χ2n) is 8.67. The van der Waals surface area contributed by atoms with E-state index in [1.807, 2.05) is 31.2 Å². The van der Waals surface area contributed by atoms with E-state index < -0.39 is 28.5 Å². The molecule has 3 heterocycles. The van der Waals surface area contributed by atoms with Crippen molar-refractivity contribution in [2.24, 2.45) is 0 Å². The minimum absolute atomic E-state index is 0.147. The Labute approximate surface area is 182 Å². The van der Waals surface area contributed by atoms with Crippen LogP contribution in [0, 0.1) is 6.92 Å². The first-order valence-corrected chi connectivity index (χ1v) is 12.2. The van der Waals surface area contributed by atoms with E-state index in [0.29, 0.717) is 0 Å². The number of benzene rings is 2. The van der Waals surface area contributed by atoms with Crippen LogP contribution in [-0.2, 0) is 14.8 Å². The summed E-state index contributed by atoms with van der Waals surface area (Å²) in [5, 5.41) is 11.4. The molecule has 2 saturated heterocycles. The second kappa shape index (κ2) is 7.41. The van der Waals surface area contributed by atoms with Gasteiger partial charge in [0.05, 0.1) is 10.9 Å². The highest BCUT2D eigenvalue weighted by atomic mass is 32.2. The maximum absolute atomic E-state index is 13.7. The number of hydrogen-bond acceptors (Lipinski definition) is 5. The van der Waals surface area contributed by atoms with Crippen LogP contribution in [-0.4, -0.2) is 58.9 Å². The van der Waals surface area contributed by atoms with Gasteiger partial charge < -0.3 is 5.11 Å². The Morgan fingerprint density at radius 1 is 0.968 bits per heavy atom. The van der Waals surface area contributed by atoms with E-state index in [2.05, 4.69) is 4.90 Å². The number of rotatable bonds is 3. The van der Waals surface area contributed by atoms with Crippen molar-refractivity contribution in [1.82, 2.24) is 14.1 Å². The first kappa shape index (κ1) is 20.6. The van der Waals surface area contributed by atoms with Crippen molar-refractivity contribution < 1.29 is 18.3 Å². The predicted octanol–water partition coefficient (Wildman–Crippen LogP) is 2.38. The van der Waals surface area contributed by atoms with Crippen LogP contribution in [0.1, 0.15) is 48.7 Å². The molecule has 0 unspecified atom stereocenters. The highest BCUT2D eigenvalue weighted by Crippen LogP contribution is 2.49. The summed E-state index contributed by atoms with van der Waals surface area (Å²) in [5.41, 5.74) is 2.61. The number of carbonyl (C=O) groups excluding carboxylic acids is 1. The van der Waals surface area contributed by atoms with E-state index in [4.69, 9.17) is 0 Å². The molecular formula is C23H27N3O4S. The summed E-state index contributed by atoms with van der Waals surface area (Å²) in [6.07, 6.45) is 0.130. The van der Waals surface area contributed by atoms with Gasteiger partial charge in [-0.3, -0.25) is 14.6 Å². The number of sulfonamides is 1. The summed E-state index contributed by atoms with van der Waals surface area (Å²) in [5.74, 6) is -0.369. The Kier molecular flexibility index (Phi) is 4.93. The van der Waals surface area contributed by atoms with Crippen LogP contribution in [0.2, 0.25) is 0 Å². The van der Waals surface area contributed by atoms with E-state index >= 15 is 0 Å². The first-order valence-electron chi connectivity index (χ1n) is 10.8. The lowest BCUT2D eigenvalue weighted by Gasteiger charge is -2.45. The Hall–Kier alpha value is -2.26. The molecule has 7 nitrogen and oxygen atoms in total. The number of fused-ring (bicyclic) bond motifs is 3. The molecule has 0 bridgehead atoms. The summed E-state index contributed by atoms with van der Waals surface area (Å²) in [6, 6.07) is 13.0. The van der Waals surface area contributed by atoms with Gasteiger partial charge in [-0.25, -0.2) is 8.42 Å². The van der Waals surface area contributed by atoms with Crippen LogP contribution in [0.5, 0.6) is 0 Å². The van der Waals surface area contributed by atoms with Crippen molar-refractivity contribution in [2.75, 3.05) is 13.1 Å². The van der Waals surface area contributed by atoms with E-state index in [1.54, 1.807) is 31.2 Å². The Morgan fingerprint density at radius 2 is 1.58 bits per heavy atom. The lowest BCUT2D eigenvalue weighted by Crippen LogP contribution is -2.52. The molecule has 0 spiro atoms.